The Kier molecular flexibility index (Phi) is 7.01. The summed E-state index contributed by atoms with van der Waals surface area (Å²) in [5.74, 6) is 1.01. The Hall–Kier alpha value is -2.35. The van der Waals surface area contributed by atoms with Crippen LogP contribution in [0.2, 0.25) is 0 Å². The van der Waals surface area contributed by atoms with Gasteiger partial charge in [0.25, 0.3) is 0 Å². The highest BCUT2D eigenvalue weighted by atomic mass is 19.4. The lowest BCUT2D eigenvalue weighted by Gasteiger charge is -2.27. The minimum Gasteiger partial charge on any atom is -0.486 e. The number of benzene rings is 1. The molecular weight excluding hydrogens is 359 g/mol. The van der Waals surface area contributed by atoms with Gasteiger partial charge in [0.15, 0.2) is 0 Å². The van der Waals surface area contributed by atoms with Crippen LogP contribution in [0.3, 0.4) is 0 Å². The van der Waals surface area contributed by atoms with Crippen molar-refractivity contribution in [2.45, 2.75) is 39.6 Å². The van der Waals surface area contributed by atoms with Gasteiger partial charge in [0, 0.05) is 38.2 Å². The highest BCUT2D eigenvalue weighted by Crippen LogP contribution is 2.37. The number of ether oxygens (including phenoxy) is 2. The fraction of sp³-hybridized carbons (Fsp3) is 0.474. The second-order valence-electron chi connectivity index (χ2n) is 6.22. The van der Waals surface area contributed by atoms with Gasteiger partial charge in [0.2, 0.25) is 0 Å². The van der Waals surface area contributed by atoms with E-state index in [2.05, 4.69) is 9.97 Å². The molecule has 148 valence electrons. The molecule has 2 aromatic rings. The molecule has 0 saturated heterocycles. The number of anilines is 1. The van der Waals surface area contributed by atoms with Gasteiger partial charge in [0.05, 0.1) is 17.9 Å². The number of nitrogens with zero attached hydrogens (tertiary/aromatic N) is 3. The molecular formula is C19H24F3N3O2. The maximum absolute atomic E-state index is 13.2. The molecule has 2 rings (SSSR count). The van der Waals surface area contributed by atoms with Gasteiger partial charge >= 0.3 is 6.18 Å². The maximum atomic E-state index is 13.2. The quantitative estimate of drug-likeness (QED) is 0.682. The van der Waals surface area contributed by atoms with Gasteiger partial charge in [-0.2, -0.15) is 13.2 Å². The van der Waals surface area contributed by atoms with Gasteiger partial charge in [-0.3, -0.25) is 0 Å². The molecule has 5 nitrogen and oxygen atoms in total. The Bertz CT molecular complexity index is 736. The Morgan fingerprint density at radius 2 is 1.85 bits per heavy atom. The Balaban J connectivity index is 2.39. The molecule has 0 spiro atoms. The molecule has 0 radical (unpaired) electrons. The predicted molar refractivity (Wildman–Crippen MR) is 96.9 cm³/mol. The normalized spacial score (nSPS) is 12.7. The fourth-order valence-corrected chi connectivity index (χ4v) is 2.61. The molecule has 0 aliphatic carbocycles. The molecule has 0 aliphatic rings. The van der Waals surface area contributed by atoms with Crippen LogP contribution in [0.15, 0.2) is 30.6 Å². The largest absolute Gasteiger partial charge is 0.486 e. The van der Waals surface area contributed by atoms with Crippen LogP contribution in [0.1, 0.15) is 30.8 Å². The molecule has 1 atom stereocenters. The van der Waals surface area contributed by atoms with Crippen LogP contribution in [0.4, 0.5) is 18.9 Å². The van der Waals surface area contributed by atoms with Gasteiger partial charge in [-0.05, 0) is 39.0 Å². The summed E-state index contributed by atoms with van der Waals surface area (Å²) in [6, 6.07) is 3.51. The average molecular weight is 383 g/mol. The number of aryl methyl sites for hydroxylation is 1. The van der Waals surface area contributed by atoms with Crippen molar-refractivity contribution in [1.82, 2.24) is 9.97 Å². The first-order valence-corrected chi connectivity index (χ1v) is 8.64. The Labute approximate surface area is 157 Å². The molecule has 27 heavy (non-hydrogen) atoms. The number of alkyl halides is 3. The summed E-state index contributed by atoms with van der Waals surface area (Å²) >= 11 is 0. The van der Waals surface area contributed by atoms with E-state index in [0.717, 1.165) is 17.7 Å². The number of hydrogen-bond acceptors (Lipinski definition) is 5. The zero-order valence-electron chi connectivity index (χ0n) is 15.9. The monoisotopic (exact) mass is 383 g/mol. The lowest BCUT2D eigenvalue weighted by atomic mass is 10.1. The molecule has 1 unspecified atom stereocenters. The lowest BCUT2D eigenvalue weighted by molar-refractivity contribution is -0.137. The molecule has 0 bridgehead atoms. The molecule has 8 heteroatoms. The van der Waals surface area contributed by atoms with Crippen LogP contribution < -0.4 is 9.64 Å². The van der Waals surface area contributed by atoms with E-state index in [1.54, 1.807) is 38.3 Å². The SMILES string of the molecule is CCN(Cc1cnc(C)nc1)c1cc(C(F)(F)F)ccc1OC(C)COC. The maximum Gasteiger partial charge on any atom is 0.416 e. The van der Waals surface area contributed by atoms with E-state index >= 15 is 0 Å². The average Bonchev–Trinajstić information content (AvgIpc) is 2.61. The van der Waals surface area contributed by atoms with Crippen molar-refractivity contribution in [2.75, 3.05) is 25.2 Å². The summed E-state index contributed by atoms with van der Waals surface area (Å²) in [5, 5.41) is 0. The summed E-state index contributed by atoms with van der Waals surface area (Å²) in [7, 11) is 1.54. The predicted octanol–water partition coefficient (Wildman–Crippen LogP) is 4.24. The van der Waals surface area contributed by atoms with Crippen molar-refractivity contribution < 1.29 is 22.6 Å². The second-order valence-corrected chi connectivity index (χ2v) is 6.22. The lowest BCUT2D eigenvalue weighted by Crippen LogP contribution is -2.25. The van der Waals surface area contributed by atoms with Crippen LogP contribution in [0, 0.1) is 6.92 Å². The smallest absolute Gasteiger partial charge is 0.416 e. The Morgan fingerprint density at radius 1 is 1.19 bits per heavy atom. The number of rotatable bonds is 8. The van der Waals surface area contributed by atoms with Gasteiger partial charge in [-0.15, -0.1) is 0 Å². The van der Waals surface area contributed by atoms with Gasteiger partial charge in [0.1, 0.15) is 17.7 Å². The fourth-order valence-electron chi connectivity index (χ4n) is 2.61. The number of aromatic nitrogens is 2. The summed E-state index contributed by atoms with van der Waals surface area (Å²) in [5.41, 5.74) is 0.453. The van der Waals surface area contributed by atoms with Gasteiger partial charge in [-0.25, -0.2) is 9.97 Å². The van der Waals surface area contributed by atoms with E-state index in [-0.39, 0.29) is 6.10 Å². The van der Waals surface area contributed by atoms with Crippen molar-refractivity contribution in [2.24, 2.45) is 0 Å². The molecule has 1 aromatic heterocycles. The van der Waals surface area contributed by atoms with Crippen molar-refractivity contribution in [3.8, 4) is 5.75 Å². The van der Waals surface area contributed by atoms with E-state index < -0.39 is 11.7 Å². The van der Waals surface area contributed by atoms with Gasteiger partial charge in [-0.1, -0.05) is 0 Å². The number of halogens is 3. The highest BCUT2D eigenvalue weighted by Gasteiger charge is 2.32. The van der Waals surface area contributed by atoms with Crippen molar-refractivity contribution >= 4 is 5.69 Å². The summed E-state index contributed by atoms with van der Waals surface area (Å²) in [6.45, 7) is 6.64. The Morgan fingerprint density at radius 3 is 2.41 bits per heavy atom. The first-order chi connectivity index (χ1) is 12.7. The van der Waals surface area contributed by atoms with E-state index in [1.807, 2.05) is 6.92 Å². The molecule has 0 aliphatic heterocycles. The summed E-state index contributed by atoms with van der Waals surface area (Å²) < 4.78 is 50.5. The third-order valence-electron chi connectivity index (χ3n) is 3.95. The van der Waals surface area contributed by atoms with Crippen LogP contribution in [-0.4, -0.2) is 36.3 Å². The number of methoxy groups -OCH3 is 1. The van der Waals surface area contributed by atoms with E-state index in [9.17, 15) is 13.2 Å². The van der Waals surface area contributed by atoms with Crippen molar-refractivity contribution in [3.05, 3.63) is 47.5 Å². The molecule has 0 fully saturated rings. The van der Waals surface area contributed by atoms with E-state index in [4.69, 9.17) is 9.47 Å². The third-order valence-corrected chi connectivity index (χ3v) is 3.95. The number of hydrogen-bond donors (Lipinski definition) is 0. The van der Waals surface area contributed by atoms with Crippen LogP contribution in [-0.2, 0) is 17.5 Å². The third kappa shape index (κ3) is 5.82. The van der Waals surface area contributed by atoms with Crippen LogP contribution in [0.5, 0.6) is 5.75 Å². The second kappa shape index (κ2) is 9.03. The van der Waals surface area contributed by atoms with Crippen LogP contribution >= 0.6 is 0 Å². The van der Waals surface area contributed by atoms with Crippen molar-refractivity contribution in [3.63, 3.8) is 0 Å². The zero-order valence-corrected chi connectivity index (χ0v) is 15.9. The van der Waals surface area contributed by atoms with E-state index in [0.29, 0.717) is 37.0 Å². The standard InChI is InChI=1S/C19H24F3N3O2/c1-5-25(11-15-9-23-14(3)24-10-15)17-8-16(19(20,21)22)6-7-18(17)27-13(2)12-26-4/h6-10,13H,5,11-12H2,1-4H3. The zero-order chi connectivity index (χ0) is 20.0. The molecule has 0 saturated carbocycles. The topological polar surface area (TPSA) is 47.5 Å². The minimum atomic E-state index is -4.43. The van der Waals surface area contributed by atoms with Crippen molar-refractivity contribution in [1.29, 1.82) is 0 Å². The first kappa shape index (κ1) is 21.0. The summed E-state index contributed by atoms with van der Waals surface area (Å²) in [4.78, 5) is 10.1. The van der Waals surface area contributed by atoms with Crippen LogP contribution in [0.25, 0.3) is 0 Å². The minimum absolute atomic E-state index is 0.299. The molecule has 0 N–H and O–H groups in total. The summed E-state index contributed by atoms with van der Waals surface area (Å²) in [6.07, 6.45) is -1.39. The molecule has 1 heterocycles. The molecule has 0 amide bonds. The van der Waals surface area contributed by atoms with E-state index in [1.165, 1.54) is 6.07 Å². The first-order valence-electron chi connectivity index (χ1n) is 8.64. The van der Waals surface area contributed by atoms with Gasteiger partial charge < -0.3 is 14.4 Å². The highest BCUT2D eigenvalue weighted by molar-refractivity contribution is 5.61. The molecule has 1 aromatic carbocycles.